The molecule has 0 radical (unpaired) electrons. The van der Waals surface area contributed by atoms with Crippen LogP contribution in [0.1, 0.15) is 24.8 Å². The predicted molar refractivity (Wildman–Crippen MR) is 96.1 cm³/mol. The summed E-state index contributed by atoms with van der Waals surface area (Å²) in [4.78, 5) is 2.34. The molecule has 25 heavy (non-hydrogen) atoms. The summed E-state index contributed by atoms with van der Waals surface area (Å²) in [5.41, 5.74) is 10.7. The van der Waals surface area contributed by atoms with Crippen molar-refractivity contribution in [3.05, 3.63) is 36.4 Å². The van der Waals surface area contributed by atoms with Gasteiger partial charge in [-0.15, -0.1) is 0 Å². The topological polar surface area (TPSA) is 88.2 Å². The molecule has 1 unspecified atom stereocenters. The second kappa shape index (κ2) is 6.22. The molecule has 1 aliphatic heterocycles. The number of fused-ring (bicyclic) bond motifs is 1. The van der Waals surface area contributed by atoms with Crippen molar-refractivity contribution >= 4 is 11.2 Å². The van der Waals surface area contributed by atoms with Crippen LogP contribution < -0.4 is 10.6 Å². The van der Waals surface area contributed by atoms with Gasteiger partial charge in [0.15, 0.2) is 0 Å². The molecule has 0 bridgehead atoms. The maximum absolute atomic E-state index is 9.48. The van der Waals surface area contributed by atoms with Crippen molar-refractivity contribution in [1.29, 1.82) is 5.26 Å². The summed E-state index contributed by atoms with van der Waals surface area (Å²) in [5.74, 6) is 0. The summed E-state index contributed by atoms with van der Waals surface area (Å²) in [6.07, 6.45) is 10.5. The first kappa shape index (κ1) is 15.7. The number of nitrogens with zero attached hydrogens (tertiary/aromatic N) is 6. The van der Waals surface area contributed by atoms with E-state index in [1.807, 2.05) is 25.6 Å². The van der Waals surface area contributed by atoms with E-state index in [1.165, 1.54) is 0 Å². The van der Waals surface area contributed by atoms with Gasteiger partial charge < -0.3 is 10.6 Å². The second-order valence-corrected chi connectivity index (χ2v) is 6.66. The van der Waals surface area contributed by atoms with Crippen molar-refractivity contribution in [1.82, 2.24) is 19.4 Å². The van der Waals surface area contributed by atoms with Crippen LogP contribution in [0, 0.1) is 11.3 Å². The maximum atomic E-state index is 9.48. The van der Waals surface area contributed by atoms with Crippen molar-refractivity contribution in [2.24, 2.45) is 12.8 Å². The Morgan fingerprint density at radius 2 is 2.04 bits per heavy atom. The van der Waals surface area contributed by atoms with Crippen molar-refractivity contribution in [2.75, 3.05) is 18.0 Å². The van der Waals surface area contributed by atoms with Crippen LogP contribution in [0.3, 0.4) is 0 Å². The summed E-state index contributed by atoms with van der Waals surface area (Å²) in [6.45, 7) is 1.83. The molecule has 1 fully saturated rings. The number of aromatic nitrogens is 4. The molecule has 1 saturated heterocycles. The number of anilines is 1. The van der Waals surface area contributed by atoms with Gasteiger partial charge in [-0.2, -0.15) is 15.5 Å². The Hall–Kier alpha value is -2.85. The van der Waals surface area contributed by atoms with E-state index in [1.54, 1.807) is 15.4 Å². The van der Waals surface area contributed by atoms with E-state index in [-0.39, 0.29) is 6.04 Å². The summed E-state index contributed by atoms with van der Waals surface area (Å²) >= 11 is 0. The molecule has 2 N–H and O–H groups in total. The Kier molecular flexibility index (Phi) is 3.90. The van der Waals surface area contributed by atoms with Gasteiger partial charge in [0.2, 0.25) is 0 Å². The molecule has 7 heteroatoms. The summed E-state index contributed by atoms with van der Waals surface area (Å²) < 4.78 is 3.59. The van der Waals surface area contributed by atoms with Crippen LogP contribution in [0.5, 0.6) is 0 Å². The number of nitrogens with two attached hydrogens (primary N) is 1. The van der Waals surface area contributed by atoms with E-state index in [4.69, 9.17) is 5.73 Å². The highest BCUT2D eigenvalue weighted by molar-refractivity contribution is 5.83. The molecule has 3 aromatic heterocycles. The summed E-state index contributed by atoms with van der Waals surface area (Å²) in [7, 11) is 1.90. The van der Waals surface area contributed by atoms with Crippen molar-refractivity contribution < 1.29 is 0 Å². The third-order valence-corrected chi connectivity index (χ3v) is 4.86. The fraction of sp³-hybridized carbons (Fsp3) is 0.389. The van der Waals surface area contributed by atoms with Gasteiger partial charge in [0.05, 0.1) is 23.6 Å². The molecule has 0 aliphatic carbocycles. The van der Waals surface area contributed by atoms with Crippen LogP contribution in [0.2, 0.25) is 0 Å². The van der Waals surface area contributed by atoms with Crippen LogP contribution >= 0.6 is 0 Å². The lowest BCUT2D eigenvalue weighted by atomic mass is 10.1. The average Bonchev–Trinajstić information content (AvgIpc) is 3.16. The van der Waals surface area contributed by atoms with Gasteiger partial charge in [-0.25, -0.2) is 4.52 Å². The minimum Gasteiger partial charge on any atom is -0.370 e. The van der Waals surface area contributed by atoms with E-state index < -0.39 is 0 Å². The highest BCUT2D eigenvalue weighted by Gasteiger charge is 2.20. The van der Waals surface area contributed by atoms with Crippen molar-refractivity contribution in [3.8, 4) is 17.2 Å². The number of nitriles is 1. The monoisotopic (exact) mass is 335 g/mol. The minimum atomic E-state index is 0.253. The fourth-order valence-electron chi connectivity index (χ4n) is 3.51. The molecular weight excluding hydrogens is 314 g/mol. The van der Waals surface area contributed by atoms with Crippen LogP contribution in [0.25, 0.3) is 16.6 Å². The third kappa shape index (κ3) is 2.85. The second-order valence-electron chi connectivity index (χ2n) is 6.66. The lowest BCUT2D eigenvalue weighted by Gasteiger charge is -2.24. The largest absolute Gasteiger partial charge is 0.370 e. The molecular formula is C18H21N7. The Morgan fingerprint density at radius 1 is 1.16 bits per heavy atom. The number of rotatable bonds is 2. The predicted octanol–water partition coefficient (Wildman–Crippen LogP) is 1.92. The number of aryl methyl sites for hydroxylation is 1. The zero-order chi connectivity index (χ0) is 17.4. The zero-order valence-electron chi connectivity index (χ0n) is 14.3. The van der Waals surface area contributed by atoms with Crippen LogP contribution in [0.4, 0.5) is 5.69 Å². The molecule has 7 nitrogen and oxygen atoms in total. The number of hydrogen-bond donors (Lipinski definition) is 1. The van der Waals surface area contributed by atoms with E-state index in [0.29, 0.717) is 5.56 Å². The molecule has 1 aliphatic rings. The van der Waals surface area contributed by atoms with Crippen LogP contribution in [-0.4, -0.2) is 38.5 Å². The van der Waals surface area contributed by atoms with Gasteiger partial charge in [0.25, 0.3) is 0 Å². The molecule has 0 spiro atoms. The first-order chi connectivity index (χ1) is 12.2. The number of hydrogen-bond acceptors (Lipinski definition) is 5. The normalized spacial score (nSPS) is 18.3. The van der Waals surface area contributed by atoms with Gasteiger partial charge >= 0.3 is 0 Å². The van der Waals surface area contributed by atoms with Crippen molar-refractivity contribution in [3.63, 3.8) is 0 Å². The Morgan fingerprint density at radius 3 is 2.80 bits per heavy atom. The maximum Gasteiger partial charge on any atom is 0.107 e. The minimum absolute atomic E-state index is 0.253. The van der Waals surface area contributed by atoms with Gasteiger partial charge in [0.1, 0.15) is 11.6 Å². The Labute approximate surface area is 146 Å². The van der Waals surface area contributed by atoms with Crippen molar-refractivity contribution in [2.45, 2.75) is 25.3 Å². The van der Waals surface area contributed by atoms with E-state index in [9.17, 15) is 5.26 Å². The number of pyridine rings is 1. The molecule has 0 amide bonds. The van der Waals surface area contributed by atoms with E-state index >= 15 is 0 Å². The summed E-state index contributed by atoms with van der Waals surface area (Å²) in [5, 5.41) is 18.1. The van der Waals surface area contributed by atoms with Gasteiger partial charge in [-0.05, 0) is 25.3 Å². The lowest BCUT2D eigenvalue weighted by molar-refractivity contribution is 0.601. The van der Waals surface area contributed by atoms with Gasteiger partial charge in [0, 0.05) is 49.7 Å². The highest BCUT2D eigenvalue weighted by Crippen LogP contribution is 2.32. The van der Waals surface area contributed by atoms with Gasteiger partial charge in [-0.3, -0.25) is 4.68 Å². The Balaban J connectivity index is 1.87. The molecule has 3 aromatic rings. The fourth-order valence-corrected chi connectivity index (χ4v) is 3.51. The van der Waals surface area contributed by atoms with Gasteiger partial charge in [-0.1, -0.05) is 0 Å². The first-order valence-electron chi connectivity index (χ1n) is 8.57. The molecule has 1 atom stereocenters. The van der Waals surface area contributed by atoms with E-state index in [2.05, 4.69) is 27.2 Å². The molecule has 4 rings (SSSR count). The summed E-state index contributed by atoms with van der Waals surface area (Å²) in [6, 6.07) is 4.66. The smallest absolute Gasteiger partial charge is 0.107 e. The molecule has 128 valence electrons. The average molecular weight is 335 g/mol. The molecule has 0 saturated carbocycles. The zero-order valence-corrected chi connectivity index (χ0v) is 14.3. The lowest BCUT2D eigenvalue weighted by Crippen LogP contribution is -2.27. The first-order valence-corrected chi connectivity index (χ1v) is 8.57. The molecule has 0 aromatic carbocycles. The van der Waals surface area contributed by atoms with E-state index in [0.717, 1.165) is 54.7 Å². The van der Waals surface area contributed by atoms with Crippen LogP contribution in [0.15, 0.2) is 30.9 Å². The highest BCUT2D eigenvalue weighted by atomic mass is 15.2. The standard InChI is InChI=1S/C18H21N7/c1-23-11-15(10-21-23)13-7-17(24-5-2-3-16(20)4-6-24)18-14(8-19)9-22-25(18)12-13/h7,9-12,16H,2-6,20H2,1H3. The quantitative estimate of drug-likeness (QED) is 0.773. The SMILES string of the molecule is Cn1cc(-c2cc(N3CCCC(N)CC3)c3c(C#N)cnn3c2)cn1. The molecule has 4 heterocycles. The Bertz CT molecular complexity index is 946. The van der Waals surface area contributed by atoms with Crippen LogP contribution in [-0.2, 0) is 7.05 Å². The third-order valence-electron chi connectivity index (χ3n) is 4.86.